The maximum absolute atomic E-state index is 12.6. The highest BCUT2D eigenvalue weighted by Crippen LogP contribution is 2.27. The van der Waals surface area contributed by atoms with Crippen molar-refractivity contribution in [1.29, 1.82) is 0 Å². The summed E-state index contributed by atoms with van der Waals surface area (Å²) in [5, 5.41) is 0. The van der Waals surface area contributed by atoms with E-state index in [-0.39, 0.29) is 12.2 Å². The summed E-state index contributed by atoms with van der Waals surface area (Å²) in [6.45, 7) is 7.79. The van der Waals surface area contributed by atoms with Crippen molar-refractivity contribution in [3.05, 3.63) is 59.7 Å². The van der Waals surface area contributed by atoms with Gasteiger partial charge in [0, 0.05) is 13.8 Å². The van der Waals surface area contributed by atoms with E-state index in [0.29, 0.717) is 24.7 Å². The molecule has 0 aromatic heterocycles. The predicted octanol–water partition coefficient (Wildman–Crippen LogP) is 4.55. The Kier molecular flexibility index (Phi) is 7.90. The van der Waals surface area contributed by atoms with Crippen molar-refractivity contribution in [1.82, 2.24) is 0 Å². The fourth-order valence-corrected chi connectivity index (χ4v) is 3.87. The standard InChI is InChI=1S/C28H31O8/c1-19-14-16-31-27(3,35-19)25(29)33-23-12-10-21(11-13-23)8-9-22-6-5-7-24(18-22)34-26(30)28(4)32-17-15-20(2)36-28/h6-13,18-20H,14-17H2,1-4H3/b9-8+/t19-,20-,27+,28+/m1/s1. The highest BCUT2D eigenvalue weighted by Gasteiger charge is 2.43. The van der Waals surface area contributed by atoms with Gasteiger partial charge in [0.05, 0.1) is 25.4 Å². The third-order valence-electron chi connectivity index (χ3n) is 5.95. The van der Waals surface area contributed by atoms with E-state index in [1.807, 2.05) is 38.1 Å². The van der Waals surface area contributed by atoms with Crippen molar-refractivity contribution < 1.29 is 38.0 Å². The van der Waals surface area contributed by atoms with Crippen LogP contribution < -0.4 is 9.47 Å². The minimum Gasteiger partial charge on any atom is -0.423 e. The summed E-state index contributed by atoms with van der Waals surface area (Å²) >= 11 is 0. The van der Waals surface area contributed by atoms with Gasteiger partial charge in [-0.25, -0.2) is 9.59 Å². The van der Waals surface area contributed by atoms with E-state index in [1.54, 1.807) is 44.2 Å². The Labute approximate surface area is 211 Å². The number of ether oxygens (including phenoxy) is 6. The fourth-order valence-electron chi connectivity index (χ4n) is 3.87. The monoisotopic (exact) mass is 495 g/mol. The lowest BCUT2D eigenvalue weighted by atomic mass is 10.1. The van der Waals surface area contributed by atoms with Crippen LogP contribution in [0.4, 0.5) is 0 Å². The molecule has 191 valence electrons. The molecule has 2 aliphatic rings. The van der Waals surface area contributed by atoms with Crippen LogP contribution in [0.1, 0.15) is 51.7 Å². The molecule has 0 N–H and O–H groups in total. The van der Waals surface area contributed by atoms with Crippen LogP contribution in [0.2, 0.25) is 0 Å². The zero-order chi connectivity index (χ0) is 25.8. The molecule has 2 fully saturated rings. The average molecular weight is 496 g/mol. The lowest BCUT2D eigenvalue weighted by Crippen LogP contribution is -2.49. The summed E-state index contributed by atoms with van der Waals surface area (Å²) in [4.78, 5) is 25.1. The molecule has 8 nitrogen and oxygen atoms in total. The lowest BCUT2D eigenvalue weighted by Gasteiger charge is -2.34. The number of carbonyl (C=O) groups excluding carboxylic acids is 2. The van der Waals surface area contributed by atoms with Crippen LogP contribution in [0.25, 0.3) is 12.2 Å². The van der Waals surface area contributed by atoms with E-state index < -0.39 is 23.5 Å². The number of esters is 2. The van der Waals surface area contributed by atoms with E-state index in [4.69, 9.17) is 28.4 Å². The minimum absolute atomic E-state index is 0.0798. The summed E-state index contributed by atoms with van der Waals surface area (Å²) < 4.78 is 33.3. The Morgan fingerprint density at radius 3 is 1.92 bits per heavy atom. The highest BCUT2D eigenvalue weighted by molar-refractivity contribution is 5.81. The normalized spacial score (nSPS) is 28.6. The predicted molar refractivity (Wildman–Crippen MR) is 131 cm³/mol. The molecule has 0 saturated carbocycles. The molecule has 0 bridgehead atoms. The van der Waals surface area contributed by atoms with Crippen molar-refractivity contribution in [2.75, 3.05) is 13.2 Å². The quantitative estimate of drug-likeness (QED) is 0.328. The molecule has 0 spiro atoms. The van der Waals surface area contributed by atoms with Crippen LogP contribution in [-0.2, 0) is 28.5 Å². The van der Waals surface area contributed by atoms with Crippen molar-refractivity contribution in [3.63, 3.8) is 0 Å². The second kappa shape index (κ2) is 10.9. The second-order valence-electron chi connectivity index (χ2n) is 9.21. The van der Waals surface area contributed by atoms with Crippen LogP contribution in [0, 0.1) is 6.07 Å². The first-order valence-electron chi connectivity index (χ1n) is 12.0. The third kappa shape index (κ3) is 6.39. The SMILES string of the molecule is C[C@@H]1CCO[C@](C)(C(=O)Oc2ccc(/C=C/c3c[c]cc(OC(=O)[C@@]4(C)OCC[C@@H](C)O4)c3)cc2)O1. The summed E-state index contributed by atoms with van der Waals surface area (Å²) in [5.41, 5.74) is 1.67. The molecule has 2 aromatic rings. The summed E-state index contributed by atoms with van der Waals surface area (Å²) in [6.07, 6.45) is 5.03. The van der Waals surface area contributed by atoms with E-state index in [2.05, 4.69) is 6.07 Å². The molecule has 1 radical (unpaired) electrons. The molecule has 0 amide bonds. The fraction of sp³-hybridized carbons (Fsp3) is 0.429. The summed E-state index contributed by atoms with van der Waals surface area (Å²) in [5.74, 6) is -3.31. The van der Waals surface area contributed by atoms with Gasteiger partial charge in [-0.05, 0) is 74.2 Å². The topological polar surface area (TPSA) is 89.5 Å². The maximum Gasteiger partial charge on any atom is 0.371 e. The number of hydrogen-bond donors (Lipinski definition) is 0. The van der Waals surface area contributed by atoms with Gasteiger partial charge in [-0.2, -0.15) is 0 Å². The largest absolute Gasteiger partial charge is 0.423 e. The highest BCUT2D eigenvalue weighted by atomic mass is 16.7. The number of rotatable bonds is 6. The molecule has 2 heterocycles. The van der Waals surface area contributed by atoms with Gasteiger partial charge in [0.2, 0.25) is 0 Å². The molecule has 4 atom stereocenters. The summed E-state index contributed by atoms with van der Waals surface area (Å²) in [7, 11) is 0. The molecular weight excluding hydrogens is 464 g/mol. The first-order valence-corrected chi connectivity index (χ1v) is 12.0. The number of carbonyl (C=O) groups is 2. The molecule has 2 saturated heterocycles. The van der Waals surface area contributed by atoms with Gasteiger partial charge in [-0.15, -0.1) is 0 Å². The Balaban J connectivity index is 1.35. The van der Waals surface area contributed by atoms with Gasteiger partial charge in [0.1, 0.15) is 11.5 Å². The smallest absolute Gasteiger partial charge is 0.371 e. The van der Waals surface area contributed by atoms with E-state index >= 15 is 0 Å². The van der Waals surface area contributed by atoms with Gasteiger partial charge in [0.25, 0.3) is 11.6 Å². The van der Waals surface area contributed by atoms with Crippen molar-refractivity contribution in [2.24, 2.45) is 0 Å². The maximum atomic E-state index is 12.6. The van der Waals surface area contributed by atoms with Gasteiger partial charge in [0.15, 0.2) is 0 Å². The van der Waals surface area contributed by atoms with Gasteiger partial charge >= 0.3 is 11.9 Å². The Morgan fingerprint density at radius 1 is 0.833 bits per heavy atom. The van der Waals surface area contributed by atoms with E-state index in [0.717, 1.165) is 24.0 Å². The molecule has 2 aromatic carbocycles. The first kappa shape index (κ1) is 26.0. The van der Waals surface area contributed by atoms with Gasteiger partial charge in [-0.1, -0.05) is 24.3 Å². The van der Waals surface area contributed by atoms with Crippen LogP contribution in [-0.4, -0.2) is 48.9 Å². The average Bonchev–Trinajstić information content (AvgIpc) is 2.83. The van der Waals surface area contributed by atoms with Crippen molar-refractivity contribution >= 4 is 24.1 Å². The third-order valence-corrected chi connectivity index (χ3v) is 5.95. The Hall–Kier alpha value is -3.04. The van der Waals surface area contributed by atoms with Gasteiger partial charge < -0.3 is 28.4 Å². The second-order valence-corrected chi connectivity index (χ2v) is 9.21. The Bertz CT molecular complexity index is 1110. The van der Waals surface area contributed by atoms with Crippen LogP contribution >= 0.6 is 0 Å². The Morgan fingerprint density at radius 2 is 1.36 bits per heavy atom. The van der Waals surface area contributed by atoms with Crippen molar-refractivity contribution in [2.45, 2.75) is 64.3 Å². The molecule has 8 heteroatoms. The summed E-state index contributed by atoms with van der Waals surface area (Å²) in [6, 6.07) is 15.1. The van der Waals surface area contributed by atoms with Crippen LogP contribution in [0.15, 0.2) is 42.5 Å². The first-order chi connectivity index (χ1) is 17.1. The molecular formula is C28H31O8. The van der Waals surface area contributed by atoms with Crippen molar-refractivity contribution in [3.8, 4) is 11.5 Å². The molecule has 0 unspecified atom stereocenters. The van der Waals surface area contributed by atoms with Crippen LogP contribution in [0.5, 0.6) is 11.5 Å². The zero-order valence-corrected chi connectivity index (χ0v) is 20.9. The zero-order valence-electron chi connectivity index (χ0n) is 20.9. The molecule has 4 rings (SSSR count). The number of benzene rings is 2. The molecule has 36 heavy (non-hydrogen) atoms. The molecule has 2 aliphatic heterocycles. The van der Waals surface area contributed by atoms with Crippen LogP contribution in [0.3, 0.4) is 0 Å². The lowest BCUT2D eigenvalue weighted by molar-refractivity contribution is -0.274. The molecule has 0 aliphatic carbocycles. The number of hydrogen-bond acceptors (Lipinski definition) is 8. The van der Waals surface area contributed by atoms with E-state index in [1.165, 1.54) is 0 Å². The minimum atomic E-state index is -1.43. The van der Waals surface area contributed by atoms with E-state index in [9.17, 15) is 9.59 Å². The van der Waals surface area contributed by atoms with Gasteiger partial charge in [-0.3, -0.25) is 0 Å².